The van der Waals surface area contributed by atoms with Crippen LogP contribution in [0.3, 0.4) is 0 Å². The molecule has 0 saturated carbocycles. The maximum Gasteiger partial charge on any atom is 0.232 e. The van der Waals surface area contributed by atoms with Gasteiger partial charge in [-0.15, -0.1) is 0 Å². The molecule has 1 heterocycles. The molecule has 2 aromatic carbocycles. The molecule has 0 bridgehead atoms. The average molecular weight is 460 g/mol. The second-order valence-corrected chi connectivity index (χ2v) is 8.20. The van der Waals surface area contributed by atoms with Gasteiger partial charge in [-0.05, 0) is 29.3 Å². The number of phenols is 4. The number of carbonyl (C=O) groups is 1. The number of rotatable bonds is 4. The van der Waals surface area contributed by atoms with Gasteiger partial charge in [0.2, 0.25) is 12.1 Å². The van der Waals surface area contributed by atoms with Crippen molar-refractivity contribution >= 4 is 11.4 Å². The molecule has 0 amide bonds. The van der Waals surface area contributed by atoms with Crippen molar-refractivity contribution in [3.8, 4) is 23.0 Å². The maximum atomic E-state index is 13.4. The molecule has 7 N–H and O–H groups in total. The summed E-state index contributed by atoms with van der Waals surface area (Å²) in [6.45, 7) is 1.13. The predicted molar refractivity (Wildman–Crippen MR) is 113 cm³/mol. The molecule has 10 nitrogen and oxygen atoms in total. The Morgan fingerprint density at radius 3 is 2.39 bits per heavy atom. The molecule has 0 spiro atoms. The fourth-order valence-corrected chi connectivity index (χ4v) is 4.15. The van der Waals surface area contributed by atoms with E-state index in [9.17, 15) is 40.5 Å². The summed E-state index contributed by atoms with van der Waals surface area (Å²) in [6, 6.07) is 6.17. The standard InChI is InChI=1S/C23H24O10/c1-9-17(8-24)32-23(21(31)19(9)29)33-22-13(10-2-3-14(26)15(27)6-10)5-11-4-12(25)7-16(28)18(11)20(22)30/h2-4,6-7,9,17,19,21,23-29,31H,5,8H2,1H3. The quantitative estimate of drug-likeness (QED) is 0.322. The molecular formula is C23H24O10. The van der Waals surface area contributed by atoms with E-state index in [0.29, 0.717) is 11.1 Å². The minimum absolute atomic E-state index is 0.0201. The van der Waals surface area contributed by atoms with E-state index in [1.165, 1.54) is 24.3 Å². The number of hydrogen-bond donors (Lipinski definition) is 7. The Morgan fingerprint density at radius 1 is 1.00 bits per heavy atom. The number of carbonyl (C=O) groups excluding carboxylic acids is 1. The third-order valence-electron chi connectivity index (χ3n) is 6.06. The van der Waals surface area contributed by atoms with Crippen LogP contribution in [0.5, 0.6) is 23.0 Å². The number of aliphatic hydroxyl groups is 3. The van der Waals surface area contributed by atoms with Gasteiger partial charge >= 0.3 is 0 Å². The molecule has 2 aromatic rings. The molecule has 5 unspecified atom stereocenters. The molecular weight excluding hydrogens is 436 g/mol. The summed E-state index contributed by atoms with van der Waals surface area (Å²) in [7, 11) is 0. The van der Waals surface area contributed by atoms with Gasteiger partial charge in [0.05, 0.1) is 24.4 Å². The summed E-state index contributed by atoms with van der Waals surface area (Å²) in [6.07, 6.45) is -5.26. The smallest absolute Gasteiger partial charge is 0.232 e. The first kappa shape index (κ1) is 22.9. The minimum Gasteiger partial charge on any atom is -0.508 e. The number of benzene rings is 2. The molecule has 4 rings (SSSR count). The normalized spacial score (nSPS) is 27.4. The van der Waals surface area contributed by atoms with Crippen LogP contribution in [0.4, 0.5) is 0 Å². The van der Waals surface area contributed by atoms with E-state index in [-0.39, 0.29) is 34.8 Å². The Morgan fingerprint density at radius 2 is 1.73 bits per heavy atom. The van der Waals surface area contributed by atoms with Crippen LogP contribution >= 0.6 is 0 Å². The Bertz CT molecular complexity index is 1120. The number of ether oxygens (including phenoxy) is 2. The van der Waals surface area contributed by atoms with Crippen LogP contribution in [0.2, 0.25) is 0 Å². The van der Waals surface area contributed by atoms with E-state index in [1.54, 1.807) is 6.92 Å². The molecule has 1 fully saturated rings. The predicted octanol–water partition coefficient (Wildman–Crippen LogP) is 0.751. The monoisotopic (exact) mass is 460 g/mol. The zero-order valence-corrected chi connectivity index (χ0v) is 17.5. The zero-order valence-electron chi connectivity index (χ0n) is 17.5. The first-order valence-electron chi connectivity index (χ1n) is 10.3. The number of hydrogen-bond acceptors (Lipinski definition) is 10. The fourth-order valence-electron chi connectivity index (χ4n) is 4.15. The van der Waals surface area contributed by atoms with Crippen LogP contribution < -0.4 is 0 Å². The van der Waals surface area contributed by atoms with Crippen molar-refractivity contribution in [1.82, 2.24) is 0 Å². The molecule has 0 radical (unpaired) electrons. The topological polar surface area (TPSA) is 177 Å². The van der Waals surface area contributed by atoms with E-state index in [1.807, 2.05) is 0 Å². The van der Waals surface area contributed by atoms with E-state index in [4.69, 9.17) is 9.47 Å². The van der Waals surface area contributed by atoms with Gasteiger partial charge in [-0.2, -0.15) is 0 Å². The zero-order chi connectivity index (χ0) is 24.0. The third-order valence-corrected chi connectivity index (χ3v) is 6.06. The first-order valence-corrected chi connectivity index (χ1v) is 10.3. The summed E-state index contributed by atoms with van der Waals surface area (Å²) in [5, 5.41) is 70.2. The summed E-state index contributed by atoms with van der Waals surface area (Å²) in [5.41, 5.74) is 0.684. The Kier molecular flexibility index (Phi) is 5.93. The van der Waals surface area contributed by atoms with E-state index in [0.717, 1.165) is 6.07 Å². The molecule has 1 saturated heterocycles. The lowest BCUT2D eigenvalue weighted by Gasteiger charge is -2.41. The van der Waals surface area contributed by atoms with Crippen LogP contribution in [0.1, 0.15) is 28.4 Å². The summed E-state index contributed by atoms with van der Waals surface area (Å²) >= 11 is 0. The van der Waals surface area contributed by atoms with Crippen LogP contribution in [-0.2, 0) is 15.9 Å². The molecule has 1 aliphatic carbocycles. The van der Waals surface area contributed by atoms with Gasteiger partial charge < -0.3 is 45.2 Å². The summed E-state index contributed by atoms with van der Waals surface area (Å²) < 4.78 is 11.3. The molecule has 33 heavy (non-hydrogen) atoms. The van der Waals surface area contributed by atoms with Gasteiger partial charge in [-0.1, -0.05) is 13.0 Å². The summed E-state index contributed by atoms with van der Waals surface area (Å²) in [5.74, 6) is -3.27. The molecule has 10 heteroatoms. The average Bonchev–Trinajstić information content (AvgIpc) is 2.76. The second kappa shape index (κ2) is 8.56. The van der Waals surface area contributed by atoms with Crippen molar-refractivity contribution in [1.29, 1.82) is 0 Å². The molecule has 5 atom stereocenters. The van der Waals surface area contributed by atoms with Crippen LogP contribution in [0.15, 0.2) is 36.1 Å². The number of allylic oxidation sites excluding steroid dienone is 2. The van der Waals surface area contributed by atoms with E-state index in [2.05, 4.69) is 0 Å². The second-order valence-electron chi connectivity index (χ2n) is 8.20. The highest BCUT2D eigenvalue weighted by Crippen LogP contribution is 2.41. The largest absolute Gasteiger partial charge is 0.508 e. The fraction of sp³-hybridized carbons (Fsp3) is 0.348. The number of phenolic OH excluding ortho intramolecular Hbond substituents is 4. The Balaban J connectivity index is 1.82. The number of aromatic hydroxyl groups is 4. The van der Waals surface area contributed by atoms with Crippen molar-refractivity contribution < 1.29 is 50.0 Å². The number of ketones is 1. The number of fused-ring (bicyclic) bond motifs is 1. The third kappa shape index (κ3) is 3.98. The molecule has 0 aromatic heterocycles. The highest BCUT2D eigenvalue weighted by Gasteiger charge is 2.45. The van der Waals surface area contributed by atoms with Crippen molar-refractivity contribution in [2.45, 2.75) is 37.9 Å². The highest BCUT2D eigenvalue weighted by molar-refractivity contribution is 6.16. The van der Waals surface area contributed by atoms with Crippen LogP contribution in [0, 0.1) is 5.92 Å². The van der Waals surface area contributed by atoms with Gasteiger partial charge in [0.25, 0.3) is 0 Å². The van der Waals surface area contributed by atoms with Gasteiger partial charge in [-0.25, -0.2) is 0 Å². The summed E-state index contributed by atoms with van der Waals surface area (Å²) in [4.78, 5) is 13.4. The van der Waals surface area contributed by atoms with Crippen molar-refractivity contribution in [3.05, 3.63) is 52.8 Å². The van der Waals surface area contributed by atoms with Gasteiger partial charge in [0.15, 0.2) is 17.3 Å². The highest BCUT2D eigenvalue weighted by atomic mass is 16.7. The minimum atomic E-state index is -1.55. The van der Waals surface area contributed by atoms with E-state index >= 15 is 0 Å². The SMILES string of the molecule is CC1C(CO)OC(OC2=C(c3ccc(O)c(O)c3)Cc3cc(O)cc(O)c3C2=O)C(O)C1O. The van der Waals surface area contributed by atoms with Crippen molar-refractivity contribution in [2.24, 2.45) is 5.92 Å². The molecule has 1 aliphatic heterocycles. The lowest BCUT2D eigenvalue weighted by Crippen LogP contribution is -2.55. The molecule has 176 valence electrons. The lowest BCUT2D eigenvalue weighted by molar-refractivity contribution is -0.275. The Hall–Kier alpha value is -3.31. The van der Waals surface area contributed by atoms with Gasteiger partial charge in [-0.3, -0.25) is 4.79 Å². The van der Waals surface area contributed by atoms with E-state index < -0.39 is 54.4 Å². The van der Waals surface area contributed by atoms with Crippen molar-refractivity contribution in [2.75, 3.05) is 6.61 Å². The lowest BCUT2D eigenvalue weighted by atomic mass is 9.85. The molecule has 2 aliphatic rings. The van der Waals surface area contributed by atoms with Crippen LogP contribution in [-0.4, -0.2) is 72.7 Å². The van der Waals surface area contributed by atoms with Crippen molar-refractivity contribution in [3.63, 3.8) is 0 Å². The Labute approximate surface area is 188 Å². The van der Waals surface area contributed by atoms with Gasteiger partial charge in [0, 0.05) is 24.0 Å². The number of Topliss-reactive ketones (excluding diaryl/α,β-unsaturated/α-hetero) is 1. The van der Waals surface area contributed by atoms with Gasteiger partial charge in [0.1, 0.15) is 17.6 Å². The van der Waals surface area contributed by atoms with Crippen LogP contribution in [0.25, 0.3) is 5.57 Å². The number of aliphatic hydroxyl groups excluding tert-OH is 3. The maximum absolute atomic E-state index is 13.4. The first-order chi connectivity index (χ1) is 15.6.